The van der Waals surface area contributed by atoms with Crippen molar-refractivity contribution in [2.24, 2.45) is 0 Å². The molecule has 0 radical (unpaired) electrons. The Labute approximate surface area is 132 Å². The van der Waals surface area contributed by atoms with E-state index in [4.69, 9.17) is 4.74 Å². The van der Waals surface area contributed by atoms with Crippen LogP contribution in [0.2, 0.25) is 0 Å². The Balaban J connectivity index is 2.54. The molecule has 1 aromatic rings. The van der Waals surface area contributed by atoms with Gasteiger partial charge in [-0.1, -0.05) is 6.92 Å². The summed E-state index contributed by atoms with van der Waals surface area (Å²) < 4.78 is 5.02. The van der Waals surface area contributed by atoms with Gasteiger partial charge < -0.3 is 15.0 Å². The lowest BCUT2D eigenvalue weighted by Crippen LogP contribution is -2.35. The molecule has 1 amide bonds. The third kappa shape index (κ3) is 5.39. The zero-order valence-corrected chi connectivity index (χ0v) is 13.9. The first kappa shape index (κ1) is 18.0. The van der Waals surface area contributed by atoms with Gasteiger partial charge >= 0.3 is 5.97 Å². The molecule has 0 aliphatic heterocycles. The van der Waals surface area contributed by atoms with E-state index in [1.807, 2.05) is 26.0 Å². The van der Waals surface area contributed by atoms with E-state index in [0.29, 0.717) is 5.56 Å². The molecule has 0 saturated carbocycles. The van der Waals surface area contributed by atoms with Crippen molar-refractivity contribution < 1.29 is 14.3 Å². The van der Waals surface area contributed by atoms with Gasteiger partial charge in [-0.25, -0.2) is 4.79 Å². The molecule has 0 bridgehead atoms. The number of anilines is 1. The highest BCUT2D eigenvalue weighted by Gasteiger charge is 2.12. The van der Waals surface area contributed by atoms with Crippen molar-refractivity contribution in [2.45, 2.75) is 40.2 Å². The third-order valence-corrected chi connectivity index (χ3v) is 3.59. The van der Waals surface area contributed by atoms with Gasteiger partial charge in [0.15, 0.2) is 6.61 Å². The largest absolute Gasteiger partial charge is 0.452 e. The zero-order chi connectivity index (χ0) is 16.5. The summed E-state index contributed by atoms with van der Waals surface area (Å²) in [5, 5.41) is 2.75. The molecule has 1 unspecified atom stereocenters. The fraction of sp³-hybridized carbons (Fsp3) is 0.529. The minimum absolute atomic E-state index is 0.0829. The zero-order valence-electron chi connectivity index (χ0n) is 13.9. The second-order valence-corrected chi connectivity index (χ2v) is 5.17. The molecule has 0 heterocycles. The van der Waals surface area contributed by atoms with Crippen molar-refractivity contribution in [3.63, 3.8) is 0 Å². The minimum Gasteiger partial charge on any atom is -0.452 e. The molecule has 5 heteroatoms. The van der Waals surface area contributed by atoms with Crippen LogP contribution in [0.4, 0.5) is 5.69 Å². The second-order valence-electron chi connectivity index (χ2n) is 5.17. The van der Waals surface area contributed by atoms with Crippen LogP contribution < -0.4 is 10.2 Å². The van der Waals surface area contributed by atoms with E-state index in [-0.39, 0.29) is 18.6 Å². The molecule has 1 rings (SSSR count). The lowest BCUT2D eigenvalue weighted by atomic mass is 10.2. The topological polar surface area (TPSA) is 58.6 Å². The Morgan fingerprint density at radius 2 is 1.73 bits per heavy atom. The standard InChI is InChI=1S/C17H26N2O3/c1-5-13(4)18-16(20)12-22-17(21)14-8-10-15(11-9-14)19(6-2)7-3/h8-11,13H,5-7,12H2,1-4H3,(H,18,20). The average molecular weight is 306 g/mol. The molecular formula is C17H26N2O3. The fourth-order valence-corrected chi connectivity index (χ4v) is 2.03. The molecule has 0 saturated heterocycles. The number of carbonyl (C=O) groups is 2. The molecule has 1 N–H and O–H groups in total. The predicted molar refractivity (Wildman–Crippen MR) is 88.2 cm³/mol. The maximum Gasteiger partial charge on any atom is 0.338 e. The summed E-state index contributed by atoms with van der Waals surface area (Å²) in [6.07, 6.45) is 0.840. The quantitative estimate of drug-likeness (QED) is 0.750. The number of hydrogen-bond donors (Lipinski definition) is 1. The highest BCUT2D eigenvalue weighted by Crippen LogP contribution is 2.15. The molecule has 22 heavy (non-hydrogen) atoms. The van der Waals surface area contributed by atoms with Crippen LogP contribution in [0.25, 0.3) is 0 Å². The first-order chi connectivity index (χ1) is 10.5. The Morgan fingerprint density at radius 3 is 2.23 bits per heavy atom. The molecule has 0 aliphatic carbocycles. The summed E-state index contributed by atoms with van der Waals surface area (Å²) in [4.78, 5) is 25.7. The summed E-state index contributed by atoms with van der Waals surface area (Å²) in [5.41, 5.74) is 1.52. The molecule has 122 valence electrons. The first-order valence-electron chi connectivity index (χ1n) is 7.83. The van der Waals surface area contributed by atoms with Crippen LogP contribution in [0.3, 0.4) is 0 Å². The smallest absolute Gasteiger partial charge is 0.338 e. The number of esters is 1. The van der Waals surface area contributed by atoms with E-state index in [1.165, 1.54) is 0 Å². The summed E-state index contributed by atoms with van der Waals surface area (Å²) in [6.45, 7) is 9.64. The van der Waals surface area contributed by atoms with Crippen LogP contribution in [-0.4, -0.2) is 37.6 Å². The Kier molecular flexibility index (Phi) is 7.43. The summed E-state index contributed by atoms with van der Waals surface area (Å²) in [7, 11) is 0. The summed E-state index contributed by atoms with van der Waals surface area (Å²) in [6, 6.07) is 7.32. The van der Waals surface area contributed by atoms with E-state index in [2.05, 4.69) is 24.1 Å². The average Bonchev–Trinajstić information content (AvgIpc) is 2.54. The number of hydrogen-bond acceptors (Lipinski definition) is 4. The molecule has 5 nitrogen and oxygen atoms in total. The van der Waals surface area contributed by atoms with Crippen LogP contribution in [0.15, 0.2) is 24.3 Å². The Morgan fingerprint density at radius 1 is 1.14 bits per heavy atom. The monoisotopic (exact) mass is 306 g/mol. The van der Waals surface area contributed by atoms with E-state index in [1.54, 1.807) is 12.1 Å². The number of nitrogens with zero attached hydrogens (tertiary/aromatic N) is 1. The van der Waals surface area contributed by atoms with E-state index in [0.717, 1.165) is 25.2 Å². The van der Waals surface area contributed by atoms with E-state index < -0.39 is 5.97 Å². The molecule has 0 fully saturated rings. The van der Waals surface area contributed by atoms with Crippen molar-refractivity contribution >= 4 is 17.6 Å². The molecule has 0 aromatic heterocycles. The van der Waals surface area contributed by atoms with Crippen LogP contribution in [0, 0.1) is 0 Å². The SMILES string of the molecule is CCC(C)NC(=O)COC(=O)c1ccc(N(CC)CC)cc1. The number of benzene rings is 1. The second kappa shape index (κ2) is 9.07. The van der Waals surface area contributed by atoms with Gasteiger partial charge in [-0.2, -0.15) is 0 Å². The maximum atomic E-state index is 11.9. The van der Waals surface area contributed by atoms with Gasteiger partial charge in [0.2, 0.25) is 0 Å². The van der Waals surface area contributed by atoms with Gasteiger partial charge in [0, 0.05) is 24.8 Å². The Bertz CT molecular complexity index is 481. The number of ether oxygens (including phenoxy) is 1. The minimum atomic E-state index is -0.481. The van der Waals surface area contributed by atoms with Crippen molar-refractivity contribution in [1.82, 2.24) is 5.32 Å². The van der Waals surface area contributed by atoms with E-state index in [9.17, 15) is 9.59 Å². The number of amides is 1. The van der Waals surface area contributed by atoms with Gasteiger partial charge in [-0.15, -0.1) is 0 Å². The van der Waals surface area contributed by atoms with Gasteiger partial charge in [0.1, 0.15) is 0 Å². The molecule has 1 aromatic carbocycles. The van der Waals surface area contributed by atoms with Crippen molar-refractivity contribution in [2.75, 3.05) is 24.6 Å². The van der Waals surface area contributed by atoms with Crippen molar-refractivity contribution in [1.29, 1.82) is 0 Å². The summed E-state index contributed by atoms with van der Waals surface area (Å²) >= 11 is 0. The highest BCUT2D eigenvalue weighted by molar-refractivity contribution is 5.91. The van der Waals surface area contributed by atoms with Crippen LogP contribution in [-0.2, 0) is 9.53 Å². The van der Waals surface area contributed by atoms with Crippen LogP contribution in [0.1, 0.15) is 44.5 Å². The lowest BCUT2D eigenvalue weighted by Gasteiger charge is -2.20. The maximum absolute atomic E-state index is 11.9. The number of carbonyl (C=O) groups excluding carboxylic acids is 2. The molecule has 0 spiro atoms. The number of rotatable bonds is 8. The van der Waals surface area contributed by atoms with Crippen molar-refractivity contribution in [3.8, 4) is 0 Å². The van der Waals surface area contributed by atoms with Gasteiger partial charge in [0.05, 0.1) is 5.56 Å². The van der Waals surface area contributed by atoms with E-state index >= 15 is 0 Å². The lowest BCUT2D eigenvalue weighted by molar-refractivity contribution is -0.124. The Hall–Kier alpha value is -2.04. The number of nitrogens with one attached hydrogen (secondary N) is 1. The molecule has 1 atom stereocenters. The molecular weight excluding hydrogens is 280 g/mol. The van der Waals surface area contributed by atoms with Gasteiger partial charge in [-0.3, -0.25) is 4.79 Å². The van der Waals surface area contributed by atoms with Gasteiger partial charge in [0.25, 0.3) is 5.91 Å². The molecule has 0 aliphatic rings. The first-order valence-corrected chi connectivity index (χ1v) is 7.83. The van der Waals surface area contributed by atoms with Crippen LogP contribution in [0.5, 0.6) is 0 Å². The fourth-order valence-electron chi connectivity index (χ4n) is 2.03. The third-order valence-electron chi connectivity index (χ3n) is 3.59. The summed E-state index contributed by atoms with van der Waals surface area (Å²) in [5.74, 6) is -0.757. The van der Waals surface area contributed by atoms with Crippen LogP contribution >= 0.6 is 0 Å². The van der Waals surface area contributed by atoms with Gasteiger partial charge in [-0.05, 0) is 51.5 Å². The van der Waals surface area contributed by atoms with Crippen molar-refractivity contribution in [3.05, 3.63) is 29.8 Å². The highest BCUT2D eigenvalue weighted by atomic mass is 16.5. The normalized spacial score (nSPS) is 11.6. The predicted octanol–water partition coefficient (Wildman–Crippen LogP) is 2.60.